The van der Waals surface area contributed by atoms with E-state index in [0.29, 0.717) is 26.7 Å². The van der Waals surface area contributed by atoms with Crippen molar-refractivity contribution in [3.05, 3.63) is 106 Å². The predicted molar refractivity (Wildman–Crippen MR) is 123 cm³/mol. The Balaban J connectivity index is 1.77. The van der Waals surface area contributed by atoms with Crippen LogP contribution in [0.4, 0.5) is 0 Å². The summed E-state index contributed by atoms with van der Waals surface area (Å²) in [5, 5.41) is 9.27. The van der Waals surface area contributed by atoms with E-state index in [4.69, 9.17) is 23.2 Å². The molecular formula is C22H17Cl2N5O. The molecule has 0 aliphatic heterocycles. The summed E-state index contributed by atoms with van der Waals surface area (Å²) >= 11 is 12.2. The molecule has 0 aliphatic carbocycles. The fourth-order valence-electron chi connectivity index (χ4n) is 2.31. The van der Waals surface area contributed by atoms with Crippen LogP contribution in [0.1, 0.15) is 21.5 Å². The molecule has 0 radical (unpaired) electrons. The fraction of sp³-hybridized carbons (Fsp3) is 0. The molecule has 0 bridgehead atoms. The molecule has 0 spiro atoms. The number of rotatable bonds is 5. The van der Waals surface area contributed by atoms with Crippen molar-refractivity contribution < 1.29 is 4.79 Å². The quantitative estimate of drug-likeness (QED) is 0.343. The number of aliphatic imine (C=N–C) groups is 1. The summed E-state index contributed by atoms with van der Waals surface area (Å²) < 4.78 is 0. The summed E-state index contributed by atoms with van der Waals surface area (Å²) in [7, 11) is 0. The highest BCUT2D eigenvalue weighted by Crippen LogP contribution is 2.13. The van der Waals surface area contributed by atoms with Crippen molar-refractivity contribution in [2.75, 3.05) is 0 Å². The SMILES string of the molecule is O=C(N=C(N/N=C/c1ccccc1Cl)N/N=C/c1ccccc1Cl)c1ccccc1. The summed E-state index contributed by atoms with van der Waals surface area (Å²) in [6, 6.07) is 23.1. The Hall–Kier alpha value is -3.48. The Morgan fingerprint density at radius 1 is 0.700 bits per heavy atom. The number of nitrogens with one attached hydrogen (secondary N) is 2. The van der Waals surface area contributed by atoms with E-state index in [9.17, 15) is 4.79 Å². The van der Waals surface area contributed by atoms with E-state index in [2.05, 4.69) is 26.0 Å². The summed E-state index contributed by atoms with van der Waals surface area (Å²) in [4.78, 5) is 16.4. The first-order chi connectivity index (χ1) is 14.6. The number of halogens is 2. The van der Waals surface area contributed by atoms with Gasteiger partial charge in [-0.05, 0) is 24.3 Å². The lowest BCUT2D eigenvalue weighted by Crippen LogP contribution is -2.32. The van der Waals surface area contributed by atoms with Gasteiger partial charge in [-0.2, -0.15) is 15.2 Å². The number of carbonyl (C=O) groups excluding carboxylic acids is 1. The summed E-state index contributed by atoms with van der Waals surface area (Å²) in [5.74, 6) is -0.415. The topological polar surface area (TPSA) is 78.2 Å². The smallest absolute Gasteiger partial charge is 0.267 e. The van der Waals surface area contributed by atoms with Crippen LogP contribution in [-0.4, -0.2) is 24.3 Å². The van der Waals surface area contributed by atoms with E-state index < -0.39 is 5.91 Å². The third-order valence-corrected chi connectivity index (χ3v) is 4.48. The molecule has 3 aromatic rings. The monoisotopic (exact) mass is 437 g/mol. The maximum atomic E-state index is 12.4. The zero-order valence-corrected chi connectivity index (χ0v) is 17.2. The standard InChI is InChI=1S/C22H17Cl2N5O/c23-19-12-6-4-10-17(19)14-25-28-22(27-21(30)16-8-2-1-3-9-16)29-26-15-18-11-5-7-13-20(18)24/h1-15H,(H2,27,28,29,30)/b25-14+,26-15+. The van der Waals surface area contributed by atoms with Crippen molar-refractivity contribution in [2.24, 2.45) is 15.2 Å². The van der Waals surface area contributed by atoms with Gasteiger partial charge in [0.15, 0.2) is 0 Å². The minimum atomic E-state index is -0.452. The maximum Gasteiger partial charge on any atom is 0.280 e. The highest BCUT2D eigenvalue weighted by molar-refractivity contribution is 6.33. The molecule has 150 valence electrons. The Kier molecular flexibility index (Phi) is 7.71. The second-order valence-electron chi connectivity index (χ2n) is 5.91. The van der Waals surface area contributed by atoms with E-state index in [1.54, 1.807) is 36.4 Å². The molecular weight excluding hydrogens is 421 g/mol. The minimum absolute atomic E-state index is 0.0375. The molecule has 0 fully saturated rings. The lowest BCUT2D eigenvalue weighted by Gasteiger charge is -2.05. The zero-order chi connectivity index (χ0) is 21.2. The molecule has 3 aromatic carbocycles. The van der Waals surface area contributed by atoms with Crippen molar-refractivity contribution >= 4 is 47.5 Å². The minimum Gasteiger partial charge on any atom is -0.267 e. The second-order valence-corrected chi connectivity index (χ2v) is 6.73. The molecule has 1 amide bonds. The lowest BCUT2D eigenvalue weighted by atomic mass is 10.2. The number of benzene rings is 3. The van der Waals surface area contributed by atoms with Gasteiger partial charge in [0.25, 0.3) is 5.91 Å². The Labute approximate surface area is 183 Å². The molecule has 8 heteroatoms. The highest BCUT2D eigenvalue weighted by Gasteiger charge is 2.06. The van der Waals surface area contributed by atoms with E-state index in [1.807, 2.05) is 42.5 Å². The maximum absolute atomic E-state index is 12.4. The number of nitrogens with zero attached hydrogens (tertiary/aromatic N) is 3. The molecule has 0 unspecified atom stereocenters. The molecule has 0 saturated carbocycles. The van der Waals surface area contributed by atoms with Gasteiger partial charge in [-0.15, -0.1) is 0 Å². The van der Waals surface area contributed by atoms with Crippen molar-refractivity contribution in [1.29, 1.82) is 0 Å². The van der Waals surface area contributed by atoms with Crippen LogP contribution in [-0.2, 0) is 0 Å². The number of hydrazone groups is 2. The molecule has 0 saturated heterocycles. The summed E-state index contributed by atoms with van der Waals surface area (Å²) in [6.07, 6.45) is 3.04. The lowest BCUT2D eigenvalue weighted by molar-refractivity contribution is 0.100. The number of amides is 1. The Bertz CT molecular complexity index is 1040. The van der Waals surface area contributed by atoms with Gasteiger partial charge >= 0.3 is 0 Å². The number of hydrogen-bond acceptors (Lipinski definition) is 3. The molecule has 6 nitrogen and oxygen atoms in total. The van der Waals surface area contributed by atoms with E-state index in [1.165, 1.54) is 12.4 Å². The van der Waals surface area contributed by atoms with Crippen molar-refractivity contribution in [2.45, 2.75) is 0 Å². The van der Waals surface area contributed by atoms with Crippen molar-refractivity contribution in [3.8, 4) is 0 Å². The van der Waals surface area contributed by atoms with Crippen LogP contribution in [0, 0.1) is 0 Å². The van der Waals surface area contributed by atoms with Crippen LogP contribution in [0.5, 0.6) is 0 Å². The van der Waals surface area contributed by atoms with Gasteiger partial charge < -0.3 is 0 Å². The van der Waals surface area contributed by atoms with Gasteiger partial charge in [0.2, 0.25) is 5.96 Å². The largest absolute Gasteiger partial charge is 0.280 e. The summed E-state index contributed by atoms with van der Waals surface area (Å²) in [6.45, 7) is 0. The fourth-order valence-corrected chi connectivity index (χ4v) is 2.68. The third-order valence-electron chi connectivity index (χ3n) is 3.79. The van der Waals surface area contributed by atoms with Crippen LogP contribution in [0.3, 0.4) is 0 Å². The van der Waals surface area contributed by atoms with Crippen LogP contribution < -0.4 is 10.9 Å². The van der Waals surface area contributed by atoms with Crippen molar-refractivity contribution in [1.82, 2.24) is 10.9 Å². The first-order valence-electron chi connectivity index (χ1n) is 8.89. The van der Waals surface area contributed by atoms with Crippen LogP contribution in [0.2, 0.25) is 10.0 Å². The van der Waals surface area contributed by atoms with Gasteiger partial charge in [-0.1, -0.05) is 77.8 Å². The molecule has 30 heavy (non-hydrogen) atoms. The molecule has 0 aromatic heterocycles. The predicted octanol–water partition coefficient (Wildman–Crippen LogP) is 4.74. The third kappa shape index (κ3) is 6.27. The highest BCUT2D eigenvalue weighted by atomic mass is 35.5. The molecule has 3 rings (SSSR count). The average molecular weight is 438 g/mol. The zero-order valence-electron chi connectivity index (χ0n) is 15.7. The molecule has 0 heterocycles. The second kappa shape index (κ2) is 10.9. The van der Waals surface area contributed by atoms with Crippen molar-refractivity contribution in [3.63, 3.8) is 0 Å². The van der Waals surface area contributed by atoms with Gasteiger partial charge in [0, 0.05) is 26.7 Å². The van der Waals surface area contributed by atoms with Gasteiger partial charge in [-0.25, -0.2) is 10.9 Å². The molecule has 0 atom stereocenters. The van der Waals surface area contributed by atoms with E-state index >= 15 is 0 Å². The number of carbonyl (C=O) groups is 1. The normalized spacial score (nSPS) is 10.9. The van der Waals surface area contributed by atoms with Crippen LogP contribution in [0.15, 0.2) is 94.1 Å². The molecule has 0 aliphatic rings. The number of guanidine groups is 1. The van der Waals surface area contributed by atoms with Crippen LogP contribution in [0.25, 0.3) is 0 Å². The first kappa shape index (κ1) is 21.2. The van der Waals surface area contributed by atoms with Gasteiger partial charge in [0.05, 0.1) is 12.4 Å². The van der Waals surface area contributed by atoms with Gasteiger partial charge in [-0.3, -0.25) is 4.79 Å². The van der Waals surface area contributed by atoms with Gasteiger partial charge in [0.1, 0.15) is 0 Å². The first-order valence-corrected chi connectivity index (χ1v) is 9.64. The van der Waals surface area contributed by atoms with E-state index in [0.717, 1.165) is 0 Å². The summed E-state index contributed by atoms with van der Waals surface area (Å²) in [5.41, 5.74) is 7.21. The average Bonchev–Trinajstić information content (AvgIpc) is 2.77. The molecule has 2 N–H and O–H groups in total. The number of hydrogen-bond donors (Lipinski definition) is 2. The van der Waals surface area contributed by atoms with E-state index in [-0.39, 0.29) is 5.96 Å². The van der Waals surface area contributed by atoms with Crippen LogP contribution >= 0.6 is 23.2 Å². The Morgan fingerprint density at radius 3 is 1.67 bits per heavy atom. The Morgan fingerprint density at radius 2 is 1.17 bits per heavy atom.